The summed E-state index contributed by atoms with van der Waals surface area (Å²) < 4.78 is 68.7. The molecule has 0 aromatic carbocycles. The molecule has 0 fully saturated rings. The van der Waals surface area contributed by atoms with Crippen LogP contribution in [0.4, 0.5) is 0 Å². The fraction of sp³-hybridized carbons (Fsp3) is 0.949. The molecule has 582 valence electrons. The number of ether oxygens (including phenoxy) is 4. The third-order valence-electron chi connectivity index (χ3n) is 19.0. The second-order valence-electron chi connectivity index (χ2n) is 29.9. The fourth-order valence-electron chi connectivity index (χ4n) is 12.0. The largest absolute Gasteiger partial charge is 0.472 e. The lowest BCUT2D eigenvalue weighted by Gasteiger charge is -2.21. The molecule has 0 aliphatic rings. The highest BCUT2D eigenvalue weighted by atomic mass is 31.2. The van der Waals surface area contributed by atoms with Crippen molar-refractivity contribution in [1.29, 1.82) is 0 Å². The normalized spacial score (nSPS) is 14.6. The zero-order valence-corrected chi connectivity index (χ0v) is 66.2. The minimum Gasteiger partial charge on any atom is -0.462 e. The van der Waals surface area contributed by atoms with Crippen molar-refractivity contribution in [1.82, 2.24) is 0 Å². The highest BCUT2D eigenvalue weighted by Gasteiger charge is 2.30. The van der Waals surface area contributed by atoms with Gasteiger partial charge in [-0.1, -0.05) is 351 Å². The zero-order valence-electron chi connectivity index (χ0n) is 64.4. The molecule has 0 spiro atoms. The molecule has 0 heterocycles. The van der Waals surface area contributed by atoms with Crippen molar-refractivity contribution in [2.75, 3.05) is 39.6 Å². The number of aliphatic hydroxyl groups excluding tert-OH is 1. The average Bonchev–Trinajstić information content (AvgIpc) is 1.54. The van der Waals surface area contributed by atoms with Gasteiger partial charge in [-0.25, -0.2) is 9.13 Å². The van der Waals surface area contributed by atoms with Gasteiger partial charge >= 0.3 is 39.5 Å². The summed E-state index contributed by atoms with van der Waals surface area (Å²) in [6, 6.07) is 0. The third kappa shape index (κ3) is 69.8. The van der Waals surface area contributed by atoms with Crippen molar-refractivity contribution >= 4 is 39.5 Å². The number of carbonyl (C=O) groups excluding carboxylic acids is 4. The van der Waals surface area contributed by atoms with Crippen LogP contribution in [-0.2, 0) is 65.4 Å². The van der Waals surface area contributed by atoms with Gasteiger partial charge in [-0.3, -0.25) is 37.3 Å². The lowest BCUT2D eigenvalue weighted by atomic mass is 9.99. The molecule has 0 radical (unpaired) electrons. The molecule has 0 aliphatic heterocycles. The van der Waals surface area contributed by atoms with Crippen molar-refractivity contribution in [2.45, 2.75) is 420 Å². The standard InChI is InChI=1S/C79H154O17P2/c1-9-71(7)57-49-41-33-27-29-36-44-52-60-77(82)90-66-75(96-79(84)62-54-46-38-30-28-34-42-50-58-72(8)10-2)68-94-98(87,88)92-64-73(80)63-91-97(85,86)93-67-74(65-89-76(81)59-51-43-35-25-21-18-17-20-24-32-40-48-56-70(5)6)95-78(83)61-53-45-37-26-22-16-14-12-11-13-15-19-23-31-39-47-55-69(3)4/h69-75,80H,9-68H2,1-8H3,(H,85,86)(H,87,88)/t71?,72?,73-,74-,75-/m1/s1. The molecule has 0 bridgehead atoms. The van der Waals surface area contributed by atoms with Crippen LogP contribution in [0.1, 0.15) is 402 Å². The number of phosphoric ester groups is 2. The molecule has 0 aromatic rings. The van der Waals surface area contributed by atoms with Crippen molar-refractivity contribution in [3.63, 3.8) is 0 Å². The van der Waals surface area contributed by atoms with E-state index in [0.717, 1.165) is 114 Å². The molecule has 0 aromatic heterocycles. The minimum absolute atomic E-state index is 0.104. The molecule has 98 heavy (non-hydrogen) atoms. The van der Waals surface area contributed by atoms with Crippen LogP contribution < -0.4 is 0 Å². The second kappa shape index (κ2) is 68.2. The van der Waals surface area contributed by atoms with Gasteiger partial charge in [0.1, 0.15) is 19.3 Å². The van der Waals surface area contributed by atoms with Gasteiger partial charge in [0.15, 0.2) is 12.2 Å². The van der Waals surface area contributed by atoms with Gasteiger partial charge in [-0.2, -0.15) is 0 Å². The highest BCUT2D eigenvalue weighted by Crippen LogP contribution is 2.45. The Morgan fingerprint density at radius 2 is 0.490 bits per heavy atom. The van der Waals surface area contributed by atoms with Crippen LogP contribution in [0, 0.1) is 23.7 Å². The monoisotopic (exact) mass is 1440 g/mol. The van der Waals surface area contributed by atoms with E-state index in [2.05, 4.69) is 55.4 Å². The van der Waals surface area contributed by atoms with Crippen LogP contribution in [0.2, 0.25) is 0 Å². The van der Waals surface area contributed by atoms with E-state index in [0.29, 0.717) is 25.7 Å². The Morgan fingerprint density at radius 1 is 0.286 bits per heavy atom. The van der Waals surface area contributed by atoms with E-state index in [1.54, 1.807) is 0 Å². The highest BCUT2D eigenvalue weighted by molar-refractivity contribution is 7.47. The smallest absolute Gasteiger partial charge is 0.462 e. The maximum atomic E-state index is 13.1. The molecule has 3 N–H and O–H groups in total. The Morgan fingerprint density at radius 3 is 0.724 bits per heavy atom. The molecule has 0 saturated heterocycles. The summed E-state index contributed by atoms with van der Waals surface area (Å²) in [6.07, 6.45) is 54.0. The van der Waals surface area contributed by atoms with Crippen molar-refractivity contribution in [2.24, 2.45) is 23.7 Å². The van der Waals surface area contributed by atoms with Gasteiger partial charge in [-0.15, -0.1) is 0 Å². The molecule has 0 aliphatic carbocycles. The maximum absolute atomic E-state index is 13.1. The zero-order chi connectivity index (χ0) is 72.4. The van der Waals surface area contributed by atoms with E-state index in [1.165, 1.54) is 205 Å². The van der Waals surface area contributed by atoms with E-state index in [4.69, 9.17) is 37.0 Å². The summed E-state index contributed by atoms with van der Waals surface area (Å²) >= 11 is 0. The van der Waals surface area contributed by atoms with Gasteiger partial charge in [0.05, 0.1) is 26.4 Å². The summed E-state index contributed by atoms with van der Waals surface area (Å²) in [6.45, 7) is 14.3. The molecule has 4 unspecified atom stereocenters. The summed E-state index contributed by atoms with van der Waals surface area (Å²) in [7, 11) is -9.92. The topological polar surface area (TPSA) is 237 Å². The Labute approximate surface area is 600 Å². The van der Waals surface area contributed by atoms with Crippen molar-refractivity contribution < 1.29 is 80.2 Å². The first kappa shape index (κ1) is 96.1. The minimum atomic E-state index is -4.96. The van der Waals surface area contributed by atoms with Crippen LogP contribution in [0.5, 0.6) is 0 Å². The Hall–Kier alpha value is -1.94. The quantitative estimate of drug-likeness (QED) is 0.0222. The van der Waals surface area contributed by atoms with Gasteiger partial charge < -0.3 is 33.8 Å². The lowest BCUT2D eigenvalue weighted by Crippen LogP contribution is -2.30. The predicted molar refractivity (Wildman–Crippen MR) is 400 cm³/mol. The predicted octanol–water partition coefficient (Wildman–Crippen LogP) is 23.2. The van der Waals surface area contributed by atoms with E-state index < -0.39 is 97.5 Å². The van der Waals surface area contributed by atoms with E-state index in [-0.39, 0.29) is 25.7 Å². The number of esters is 4. The van der Waals surface area contributed by atoms with E-state index in [9.17, 15) is 43.2 Å². The Balaban J connectivity index is 5.26. The number of hydrogen-bond acceptors (Lipinski definition) is 15. The first-order valence-electron chi connectivity index (χ1n) is 40.8. The molecule has 7 atom stereocenters. The first-order valence-corrected chi connectivity index (χ1v) is 43.8. The molecule has 17 nitrogen and oxygen atoms in total. The Bertz CT molecular complexity index is 1920. The first-order chi connectivity index (χ1) is 47.2. The molecular formula is C79H154O17P2. The SMILES string of the molecule is CCC(C)CCCCCCCCCCC(=O)OC[C@H](COP(=O)(O)OC[C@H](O)COP(=O)(O)OC[C@@H](COC(=O)CCCCCCCCCCCCCCC(C)C)OC(=O)CCCCCCCCCCCCCCCCCCC(C)C)OC(=O)CCCCCCCCCCC(C)CC. The molecule has 0 rings (SSSR count). The third-order valence-corrected chi connectivity index (χ3v) is 20.9. The van der Waals surface area contributed by atoms with E-state index >= 15 is 0 Å². The summed E-state index contributed by atoms with van der Waals surface area (Å²) in [5, 5.41) is 10.6. The molecular weight excluding hydrogens is 1280 g/mol. The molecule has 0 amide bonds. The van der Waals surface area contributed by atoms with Crippen molar-refractivity contribution in [3.8, 4) is 0 Å². The number of unbranched alkanes of at least 4 members (excludes halogenated alkanes) is 40. The maximum Gasteiger partial charge on any atom is 0.472 e. The number of hydrogen-bond donors (Lipinski definition) is 3. The van der Waals surface area contributed by atoms with E-state index in [1.807, 2.05) is 0 Å². The van der Waals surface area contributed by atoms with Crippen molar-refractivity contribution in [3.05, 3.63) is 0 Å². The van der Waals surface area contributed by atoms with Crippen LogP contribution in [0.25, 0.3) is 0 Å². The molecule has 0 saturated carbocycles. The van der Waals surface area contributed by atoms with Crippen LogP contribution in [-0.4, -0.2) is 96.7 Å². The Kier molecular flexibility index (Phi) is 66.8. The number of aliphatic hydroxyl groups is 1. The van der Waals surface area contributed by atoms with Crippen LogP contribution >= 0.6 is 15.6 Å². The summed E-state index contributed by atoms with van der Waals surface area (Å²) in [5.74, 6) is 1.02. The van der Waals surface area contributed by atoms with Gasteiger partial charge in [-0.05, 0) is 49.4 Å². The van der Waals surface area contributed by atoms with Crippen LogP contribution in [0.15, 0.2) is 0 Å². The van der Waals surface area contributed by atoms with Gasteiger partial charge in [0.2, 0.25) is 0 Å². The van der Waals surface area contributed by atoms with Gasteiger partial charge in [0, 0.05) is 25.7 Å². The average molecular weight is 1440 g/mol. The van der Waals surface area contributed by atoms with Crippen LogP contribution in [0.3, 0.4) is 0 Å². The number of phosphoric acid groups is 2. The number of carbonyl (C=O) groups is 4. The fourth-order valence-corrected chi connectivity index (χ4v) is 13.6. The lowest BCUT2D eigenvalue weighted by molar-refractivity contribution is -0.161. The molecule has 19 heteroatoms. The summed E-state index contributed by atoms with van der Waals surface area (Å²) in [4.78, 5) is 73.0. The van der Waals surface area contributed by atoms with Gasteiger partial charge in [0.25, 0.3) is 0 Å². The second-order valence-corrected chi connectivity index (χ2v) is 32.8. The number of rotatable bonds is 76. The summed E-state index contributed by atoms with van der Waals surface area (Å²) in [5.41, 5.74) is 0.